The van der Waals surface area contributed by atoms with E-state index >= 15 is 0 Å². The van der Waals surface area contributed by atoms with Crippen molar-refractivity contribution in [3.8, 4) is 0 Å². The average Bonchev–Trinajstić information content (AvgIpc) is 1.85. The summed E-state index contributed by atoms with van der Waals surface area (Å²) in [6.45, 7) is 1.66. The minimum absolute atomic E-state index is 0.146. The molecule has 1 nitrogen and oxygen atoms in total. The van der Waals surface area contributed by atoms with E-state index in [1.807, 2.05) is 0 Å². The van der Waals surface area contributed by atoms with Gasteiger partial charge in [0.15, 0.2) is 0 Å². The zero-order valence-corrected chi connectivity index (χ0v) is 6.72. The number of hydrogen-bond donors (Lipinski definition) is 1. The van der Waals surface area contributed by atoms with Crippen LogP contribution >= 0.6 is 12.2 Å². The highest BCUT2D eigenvalue weighted by molar-refractivity contribution is 7.80. The summed E-state index contributed by atoms with van der Waals surface area (Å²) >= 11 is 4.05. The van der Waals surface area contributed by atoms with Crippen molar-refractivity contribution >= 4 is 17.1 Å². The van der Waals surface area contributed by atoms with Gasteiger partial charge in [-0.2, -0.15) is 13.2 Å². The Hall–Kier alpha value is -0.580. The molecular weight excluding hydrogens is 175 g/mol. The molecule has 0 aromatic carbocycles. The molecule has 0 aliphatic carbocycles. The molecule has 0 atom stereocenters. The third kappa shape index (κ3) is 3.98. The molecule has 0 heterocycles. The second-order valence-corrected chi connectivity index (χ2v) is 2.37. The number of nitrogens with two attached hydrogens (primary N) is 1. The summed E-state index contributed by atoms with van der Waals surface area (Å²) in [6, 6.07) is 0. The Bertz CT molecular complexity index is 183. The number of thiocarbonyl (C=S) groups is 1. The van der Waals surface area contributed by atoms with Crippen LogP contribution in [-0.2, 0) is 0 Å². The molecule has 0 saturated carbocycles. The van der Waals surface area contributed by atoms with Gasteiger partial charge in [0.2, 0.25) is 0 Å². The first-order valence-corrected chi connectivity index (χ1v) is 3.36. The first-order valence-electron chi connectivity index (χ1n) is 2.95. The van der Waals surface area contributed by atoms with Gasteiger partial charge in [0.25, 0.3) is 0 Å². The summed E-state index contributed by atoms with van der Waals surface area (Å²) in [4.78, 5) is -1.07. The fourth-order valence-electron chi connectivity index (χ4n) is 0.352. The molecule has 5 heteroatoms. The topological polar surface area (TPSA) is 26.0 Å². The molecule has 0 bridgehead atoms. The van der Waals surface area contributed by atoms with Crippen molar-refractivity contribution in [2.75, 3.05) is 0 Å². The van der Waals surface area contributed by atoms with E-state index in [-0.39, 0.29) is 5.70 Å². The van der Waals surface area contributed by atoms with Crippen LogP contribution in [0.15, 0.2) is 11.8 Å². The summed E-state index contributed by atoms with van der Waals surface area (Å²) in [5.41, 5.74) is 5.29. The molecule has 0 unspecified atom stereocenters. The monoisotopic (exact) mass is 183 g/mol. The molecule has 0 spiro atoms. The molecule has 0 rings (SSSR count). The number of halogens is 3. The Morgan fingerprint density at radius 1 is 1.55 bits per heavy atom. The molecule has 11 heavy (non-hydrogen) atoms. The zero-order chi connectivity index (χ0) is 9.07. The Balaban J connectivity index is 4.30. The normalized spacial score (nSPS) is 13.3. The SMILES string of the molecule is CC/C(N)=C/C(=S)C(F)(F)F. The standard InChI is InChI=1S/C6H8F3NS/c1-2-4(10)3-5(11)6(7,8)9/h3H,2,10H2,1H3/b4-3-. The molecule has 64 valence electrons. The Morgan fingerprint density at radius 3 is 2.27 bits per heavy atom. The van der Waals surface area contributed by atoms with Gasteiger partial charge in [0.05, 0.1) is 0 Å². The van der Waals surface area contributed by atoms with Gasteiger partial charge in [-0.05, 0) is 12.5 Å². The van der Waals surface area contributed by atoms with Crippen molar-refractivity contribution in [3.05, 3.63) is 11.8 Å². The summed E-state index contributed by atoms with van der Waals surface area (Å²) in [7, 11) is 0. The maximum Gasteiger partial charge on any atom is 0.426 e. The second-order valence-electron chi connectivity index (χ2n) is 1.93. The first kappa shape index (κ1) is 10.4. The smallest absolute Gasteiger partial charge is 0.402 e. The lowest BCUT2D eigenvalue weighted by molar-refractivity contribution is -0.0553. The van der Waals surface area contributed by atoms with Crippen LogP contribution in [0.1, 0.15) is 13.3 Å². The van der Waals surface area contributed by atoms with Crippen LogP contribution in [0.5, 0.6) is 0 Å². The molecule has 0 radical (unpaired) electrons. The number of rotatable bonds is 2. The predicted molar refractivity (Wildman–Crippen MR) is 41.2 cm³/mol. The molecule has 0 amide bonds. The average molecular weight is 183 g/mol. The van der Waals surface area contributed by atoms with E-state index in [2.05, 4.69) is 12.2 Å². The summed E-state index contributed by atoms with van der Waals surface area (Å²) in [6.07, 6.45) is -3.29. The fraction of sp³-hybridized carbons (Fsp3) is 0.500. The van der Waals surface area contributed by atoms with Crippen LogP contribution in [0.25, 0.3) is 0 Å². The largest absolute Gasteiger partial charge is 0.426 e. The van der Waals surface area contributed by atoms with E-state index in [9.17, 15) is 13.2 Å². The van der Waals surface area contributed by atoms with Crippen LogP contribution in [0, 0.1) is 0 Å². The molecule has 0 aromatic heterocycles. The maximum atomic E-state index is 11.7. The summed E-state index contributed by atoms with van der Waals surface area (Å²) in [5.74, 6) is 0. The van der Waals surface area contributed by atoms with E-state index in [4.69, 9.17) is 5.73 Å². The number of allylic oxidation sites excluding steroid dienone is 2. The highest BCUT2D eigenvalue weighted by Crippen LogP contribution is 2.18. The van der Waals surface area contributed by atoms with E-state index in [0.717, 1.165) is 6.08 Å². The molecule has 0 fully saturated rings. The highest BCUT2D eigenvalue weighted by atomic mass is 32.1. The van der Waals surface area contributed by atoms with Gasteiger partial charge < -0.3 is 5.73 Å². The molecule has 0 aliphatic heterocycles. The third-order valence-corrected chi connectivity index (χ3v) is 1.35. The summed E-state index contributed by atoms with van der Waals surface area (Å²) in [5, 5.41) is 0. The van der Waals surface area contributed by atoms with Gasteiger partial charge in [-0.15, -0.1) is 0 Å². The Kier molecular flexibility index (Phi) is 3.51. The van der Waals surface area contributed by atoms with Crippen molar-refractivity contribution in [2.45, 2.75) is 19.5 Å². The Morgan fingerprint density at radius 2 is 2.00 bits per heavy atom. The zero-order valence-electron chi connectivity index (χ0n) is 5.90. The molecule has 0 aromatic rings. The van der Waals surface area contributed by atoms with Crippen molar-refractivity contribution in [2.24, 2.45) is 5.73 Å². The maximum absolute atomic E-state index is 11.7. The van der Waals surface area contributed by atoms with Gasteiger partial charge in [-0.3, -0.25) is 0 Å². The van der Waals surface area contributed by atoms with E-state index in [1.54, 1.807) is 6.92 Å². The molecule has 0 aliphatic rings. The minimum atomic E-state index is -4.44. The van der Waals surface area contributed by atoms with Crippen LogP contribution < -0.4 is 5.73 Å². The van der Waals surface area contributed by atoms with Crippen LogP contribution in [0.3, 0.4) is 0 Å². The molecular formula is C6H8F3NS. The number of alkyl halides is 3. The predicted octanol–water partition coefficient (Wildman–Crippen LogP) is 2.17. The summed E-state index contributed by atoms with van der Waals surface area (Å²) < 4.78 is 35.1. The number of hydrogen-bond acceptors (Lipinski definition) is 2. The first-order chi connectivity index (χ1) is 4.88. The van der Waals surface area contributed by atoms with Crippen molar-refractivity contribution in [1.29, 1.82) is 0 Å². The van der Waals surface area contributed by atoms with Gasteiger partial charge in [0.1, 0.15) is 4.86 Å². The lowest BCUT2D eigenvalue weighted by Crippen LogP contribution is -2.19. The molecule has 0 saturated heterocycles. The van der Waals surface area contributed by atoms with Crippen molar-refractivity contribution in [3.63, 3.8) is 0 Å². The Labute approximate surface area is 68.1 Å². The van der Waals surface area contributed by atoms with Gasteiger partial charge in [-0.1, -0.05) is 19.1 Å². The lowest BCUT2D eigenvalue weighted by atomic mass is 10.3. The minimum Gasteiger partial charge on any atom is -0.402 e. The van der Waals surface area contributed by atoms with Crippen LogP contribution in [0.4, 0.5) is 13.2 Å². The van der Waals surface area contributed by atoms with Crippen LogP contribution in [0.2, 0.25) is 0 Å². The lowest BCUT2D eigenvalue weighted by Gasteiger charge is -2.03. The van der Waals surface area contributed by atoms with E-state index in [1.165, 1.54) is 0 Å². The highest BCUT2D eigenvalue weighted by Gasteiger charge is 2.32. The van der Waals surface area contributed by atoms with E-state index in [0.29, 0.717) is 6.42 Å². The van der Waals surface area contributed by atoms with Gasteiger partial charge >= 0.3 is 6.18 Å². The van der Waals surface area contributed by atoms with Crippen LogP contribution in [-0.4, -0.2) is 11.0 Å². The second kappa shape index (κ2) is 3.71. The van der Waals surface area contributed by atoms with Crippen molar-refractivity contribution in [1.82, 2.24) is 0 Å². The quantitative estimate of drug-likeness (QED) is 0.524. The molecule has 2 N–H and O–H groups in total. The van der Waals surface area contributed by atoms with Gasteiger partial charge in [0, 0.05) is 5.70 Å². The van der Waals surface area contributed by atoms with Gasteiger partial charge in [-0.25, -0.2) is 0 Å². The fourth-order valence-corrected chi connectivity index (χ4v) is 0.504. The van der Waals surface area contributed by atoms with E-state index < -0.39 is 11.0 Å². The van der Waals surface area contributed by atoms with Crippen molar-refractivity contribution < 1.29 is 13.2 Å². The third-order valence-electron chi connectivity index (χ3n) is 1.00.